The molecule has 0 heterocycles. The topological polar surface area (TPSA) is 64.6 Å². The van der Waals surface area contributed by atoms with Crippen molar-refractivity contribution in [1.82, 2.24) is 0 Å². The van der Waals surface area contributed by atoms with E-state index in [0.29, 0.717) is 5.69 Å². The number of anilines is 1. The first-order valence-electron chi connectivity index (χ1n) is 7.23. The van der Waals surface area contributed by atoms with Crippen LogP contribution >= 0.6 is 11.8 Å². The van der Waals surface area contributed by atoms with E-state index < -0.39 is 30.6 Å². The highest BCUT2D eigenvalue weighted by molar-refractivity contribution is 7.98. The van der Waals surface area contributed by atoms with Gasteiger partial charge in [0.05, 0.1) is 5.56 Å². The molecular formula is C17H14F3NO4S. The number of alkyl halides is 3. The number of amides is 1. The Morgan fingerprint density at radius 3 is 2.42 bits per heavy atom. The zero-order valence-corrected chi connectivity index (χ0v) is 14.3. The Morgan fingerprint density at radius 2 is 1.81 bits per heavy atom. The summed E-state index contributed by atoms with van der Waals surface area (Å²) in [5.74, 6) is -1.83. The van der Waals surface area contributed by atoms with Crippen LogP contribution < -0.4 is 10.1 Å². The zero-order valence-electron chi connectivity index (χ0n) is 13.5. The minimum Gasteiger partial charge on any atom is -0.452 e. The van der Waals surface area contributed by atoms with Crippen LogP contribution in [0.4, 0.5) is 18.9 Å². The van der Waals surface area contributed by atoms with Gasteiger partial charge in [0, 0.05) is 10.6 Å². The average molecular weight is 385 g/mol. The molecule has 1 N–H and O–H groups in total. The maximum absolute atomic E-state index is 12.1. The molecule has 26 heavy (non-hydrogen) atoms. The molecule has 0 saturated carbocycles. The minimum atomic E-state index is -4.81. The summed E-state index contributed by atoms with van der Waals surface area (Å²) in [6.07, 6.45) is -2.92. The molecule has 9 heteroatoms. The van der Waals surface area contributed by atoms with Gasteiger partial charge in [-0.3, -0.25) is 4.79 Å². The number of rotatable bonds is 6. The summed E-state index contributed by atoms with van der Waals surface area (Å²) in [6, 6.07) is 11.3. The van der Waals surface area contributed by atoms with Crippen LogP contribution in [0.2, 0.25) is 0 Å². The molecule has 0 spiro atoms. The fourth-order valence-electron chi connectivity index (χ4n) is 1.91. The number of benzene rings is 2. The van der Waals surface area contributed by atoms with Crippen LogP contribution in [0.3, 0.4) is 0 Å². The van der Waals surface area contributed by atoms with Gasteiger partial charge in [0.2, 0.25) is 0 Å². The highest BCUT2D eigenvalue weighted by atomic mass is 32.2. The normalized spacial score (nSPS) is 10.9. The number of thioether (sulfide) groups is 1. The quantitative estimate of drug-likeness (QED) is 0.599. The largest absolute Gasteiger partial charge is 0.573 e. The number of carbonyl (C=O) groups excluding carboxylic acids is 2. The van der Waals surface area contributed by atoms with Crippen molar-refractivity contribution < 1.29 is 32.2 Å². The fourth-order valence-corrected chi connectivity index (χ4v) is 2.36. The Hall–Kier alpha value is -2.68. The second-order valence-electron chi connectivity index (χ2n) is 4.93. The highest BCUT2D eigenvalue weighted by Gasteiger charge is 2.31. The van der Waals surface area contributed by atoms with Gasteiger partial charge in [0.25, 0.3) is 5.91 Å². The van der Waals surface area contributed by atoms with Crippen molar-refractivity contribution in [3.05, 3.63) is 54.1 Å². The summed E-state index contributed by atoms with van der Waals surface area (Å²) >= 11 is 1.51. The van der Waals surface area contributed by atoms with E-state index in [-0.39, 0.29) is 5.56 Å². The van der Waals surface area contributed by atoms with E-state index in [1.807, 2.05) is 12.3 Å². The zero-order chi connectivity index (χ0) is 19.2. The molecule has 0 aromatic heterocycles. The highest BCUT2D eigenvalue weighted by Crippen LogP contribution is 2.23. The molecule has 0 radical (unpaired) electrons. The van der Waals surface area contributed by atoms with Crippen LogP contribution in [0.25, 0.3) is 0 Å². The average Bonchev–Trinajstić information content (AvgIpc) is 2.59. The molecule has 2 rings (SSSR count). The number of carbonyl (C=O) groups is 2. The van der Waals surface area contributed by atoms with E-state index >= 15 is 0 Å². The van der Waals surface area contributed by atoms with Gasteiger partial charge in [-0.25, -0.2) is 4.79 Å². The first-order valence-corrected chi connectivity index (χ1v) is 8.46. The van der Waals surface area contributed by atoms with E-state index in [1.54, 1.807) is 18.2 Å². The fraction of sp³-hybridized carbons (Fsp3) is 0.176. The SMILES string of the molecule is CSc1cccc(NC(=O)COC(=O)c2ccc(OC(F)(F)F)cc2)c1. The summed E-state index contributed by atoms with van der Waals surface area (Å²) in [5, 5.41) is 2.58. The third-order valence-electron chi connectivity index (χ3n) is 3.01. The van der Waals surface area contributed by atoms with Gasteiger partial charge in [-0.05, 0) is 48.7 Å². The van der Waals surface area contributed by atoms with Crippen molar-refractivity contribution in [2.24, 2.45) is 0 Å². The van der Waals surface area contributed by atoms with E-state index in [9.17, 15) is 22.8 Å². The number of hydrogen-bond acceptors (Lipinski definition) is 5. The number of esters is 1. The van der Waals surface area contributed by atoms with Crippen molar-refractivity contribution >= 4 is 29.3 Å². The molecule has 2 aromatic carbocycles. The first kappa shape index (κ1) is 19.6. The standard InChI is InChI=1S/C17H14F3NO4S/c1-26-14-4-2-3-12(9-14)21-15(22)10-24-16(23)11-5-7-13(8-6-11)25-17(18,19)20/h2-9H,10H2,1H3,(H,21,22). The lowest BCUT2D eigenvalue weighted by Crippen LogP contribution is -2.21. The van der Waals surface area contributed by atoms with Crippen LogP contribution in [0, 0.1) is 0 Å². The Bertz CT molecular complexity index is 778. The van der Waals surface area contributed by atoms with Gasteiger partial charge in [0.1, 0.15) is 5.75 Å². The molecule has 2 aromatic rings. The van der Waals surface area contributed by atoms with E-state index in [2.05, 4.69) is 10.1 Å². The number of ether oxygens (including phenoxy) is 2. The summed E-state index contributed by atoms with van der Waals surface area (Å²) in [5.41, 5.74) is 0.559. The second-order valence-corrected chi connectivity index (χ2v) is 5.81. The molecule has 5 nitrogen and oxygen atoms in total. The summed E-state index contributed by atoms with van der Waals surface area (Å²) in [4.78, 5) is 24.6. The Kier molecular flexibility index (Phi) is 6.51. The molecule has 138 valence electrons. The van der Waals surface area contributed by atoms with Gasteiger partial charge in [-0.2, -0.15) is 0 Å². The molecule has 0 unspecified atom stereocenters. The number of nitrogens with one attached hydrogen (secondary N) is 1. The molecule has 0 fully saturated rings. The van der Waals surface area contributed by atoms with Crippen LogP contribution in [0.15, 0.2) is 53.4 Å². The van der Waals surface area contributed by atoms with Gasteiger partial charge < -0.3 is 14.8 Å². The van der Waals surface area contributed by atoms with E-state index in [0.717, 1.165) is 29.2 Å². The third kappa shape index (κ3) is 6.32. The van der Waals surface area contributed by atoms with Crippen molar-refractivity contribution in [1.29, 1.82) is 0 Å². The second kappa shape index (κ2) is 8.61. The summed E-state index contributed by atoms with van der Waals surface area (Å²) < 4.78 is 44.8. The summed E-state index contributed by atoms with van der Waals surface area (Å²) in [7, 11) is 0. The third-order valence-corrected chi connectivity index (χ3v) is 3.74. The van der Waals surface area contributed by atoms with Gasteiger partial charge >= 0.3 is 12.3 Å². The Morgan fingerprint density at radius 1 is 1.12 bits per heavy atom. The molecule has 0 atom stereocenters. The maximum Gasteiger partial charge on any atom is 0.573 e. The minimum absolute atomic E-state index is 0.00305. The lowest BCUT2D eigenvalue weighted by molar-refractivity contribution is -0.274. The van der Waals surface area contributed by atoms with Crippen molar-refractivity contribution in [3.63, 3.8) is 0 Å². The van der Waals surface area contributed by atoms with Crippen LogP contribution in [0.1, 0.15) is 10.4 Å². The van der Waals surface area contributed by atoms with Gasteiger partial charge in [-0.15, -0.1) is 24.9 Å². The molecule has 0 bridgehead atoms. The van der Waals surface area contributed by atoms with Crippen LogP contribution in [0.5, 0.6) is 5.75 Å². The Labute approximate surface area is 151 Å². The number of hydrogen-bond donors (Lipinski definition) is 1. The smallest absolute Gasteiger partial charge is 0.452 e. The molecule has 0 aliphatic carbocycles. The van der Waals surface area contributed by atoms with E-state index in [1.165, 1.54) is 11.8 Å². The Balaban J connectivity index is 1.86. The maximum atomic E-state index is 12.1. The van der Waals surface area contributed by atoms with Gasteiger partial charge in [0.15, 0.2) is 6.61 Å². The molecule has 0 saturated heterocycles. The monoisotopic (exact) mass is 385 g/mol. The molecule has 0 aliphatic heterocycles. The molecular weight excluding hydrogens is 371 g/mol. The van der Waals surface area contributed by atoms with Crippen LogP contribution in [-0.4, -0.2) is 31.1 Å². The van der Waals surface area contributed by atoms with E-state index in [4.69, 9.17) is 4.74 Å². The predicted octanol–water partition coefficient (Wildman–Crippen LogP) is 4.10. The predicted molar refractivity (Wildman–Crippen MR) is 90.3 cm³/mol. The van der Waals surface area contributed by atoms with Crippen molar-refractivity contribution in [2.45, 2.75) is 11.3 Å². The first-order chi connectivity index (χ1) is 12.3. The lowest BCUT2D eigenvalue weighted by Gasteiger charge is -2.09. The molecule has 1 amide bonds. The number of halogens is 3. The lowest BCUT2D eigenvalue weighted by atomic mass is 10.2. The van der Waals surface area contributed by atoms with Crippen LogP contribution in [-0.2, 0) is 9.53 Å². The van der Waals surface area contributed by atoms with Crippen molar-refractivity contribution in [2.75, 3.05) is 18.2 Å². The van der Waals surface area contributed by atoms with Crippen molar-refractivity contribution in [3.8, 4) is 5.75 Å². The molecule has 0 aliphatic rings. The summed E-state index contributed by atoms with van der Waals surface area (Å²) in [6.45, 7) is -0.525. The van der Waals surface area contributed by atoms with Gasteiger partial charge in [-0.1, -0.05) is 6.07 Å².